The lowest BCUT2D eigenvalue weighted by Gasteiger charge is -2.32. The molecule has 0 aromatic heterocycles. The van der Waals surface area contributed by atoms with E-state index in [1.807, 2.05) is 0 Å². The lowest BCUT2D eigenvalue weighted by molar-refractivity contribution is 0.0526. The quantitative estimate of drug-likeness (QED) is 0.579. The van der Waals surface area contributed by atoms with E-state index in [0.29, 0.717) is 17.9 Å². The van der Waals surface area contributed by atoms with Gasteiger partial charge in [0.1, 0.15) is 0 Å². The first-order valence-electron chi connectivity index (χ1n) is 7.40. The van der Waals surface area contributed by atoms with Crippen molar-refractivity contribution in [1.29, 1.82) is 0 Å². The summed E-state index contributed by atoms with van der Waals surface area (Å²) in [5.74, 6) is 1.39. The van der Waals surface area contributed by atoms with Crippen LogP contribution in [0.1, 0.15) is 47.5 Å². The molecule has 1 N–H and O–H groups in total. The van der Waals surface area contributed by atoms with E-state index in [4.69, 9.17) is 9.84 Å². The van der Waals surface area contributed by atoms with Crippen molar-refractivity contribution in [2.75, 3.05) is 32.9 Å². The van der Waals surface area contributed by atoms with E-state index in [2.05, 4.69) is 39.5 Å². The van der Waals surface area contributed by atoms with Crippen molar-refractivity contribution in [3.05, 3.63) is 0 Å². The molecule has 0 heterocycles. The highest BCUT2D eigenvalue weighted by atomic mass is 16.5. The minimum absolute atomic E-state index is 0.270. The fraction of sp³-hybridized carbons (Fsp3) is 1.00. The fourth-order valence-electron chi connectivity index (χ4n) is 2.05. The van der Waals surface area contributed by atoms with E-state index in [-0.39, 0.29) is 6.61 Å². The highest BCUT2D eigenvalue weighted by Gasteiger charge is 2.16. The van der Waals surface area contributed by atoms with Crippen LogP contribution < -0.4 is 0 Å². The molecule has 3 heteroatoms. The predicted octanol–water partition coefficient (Wildman–Crippen LogP) is 2.78. The summed E-state index contributed by atoms with van der Waals surface area (Å²) >= 11 is 0. The Hall–Kier alpha value is -0.120. The third-order valence-corrected chi connectivity index (χ3v) is 2.88. The van der Waals surface area contributed by atoms with Crippen molar-refractivity contribution in [2.45, 2.75) is 53.5 Å². The lowest BCUT2D eigenvalue weighted by atomic mass is 10.1. The summed E-state index contributed by atoms with van der Waals surface area (Å²) in [6.45, 7) is 15.4. The van der Waals surface area contributed by atoms with Crippen molar-refractivity contribution in [2.24, 2.45) is 11.8 Å². The van der Waals surface area contributed by atoms with Crippen LogP contribution in [-0.2, 0) is 4.74 Å². The molecule has 1 atom stereocenters. The lowest BCUT2D eigenvalue weighted by Crippen LogP contribution is -2.41. The van der Waals surface area contributed by atoms with Gasteiger partial charge in [-0.2, -0.15) is 0 Å². The second-order valence-corrected chi connectivity index (χ2v) is 6.10. The van der Waals surface area contributed by atoms with Crippen molar-refractivity contribution in [3.63, 3.8) is 0 Å². The van der Waals surface area contributed by atoms with E-state index in [0.717, 1.165) is 39.1 Å². The second kappa shape index (κ2) is 10.8. The van der Waals surface area contributed by atoms with Gasteiger partial charge >= 0.3 is 0 Å². The average Bonchev–Trinajstić information content (AvgIpc) is 2.26. The Bertz CT molecular complexity index is 173. The first kappa shape index (κ1) is 17.9. The van der Waals surface area contributed by atoms with Crippen LogP contribution in [0.25, 0.3) is 0 Å². The smallest absolute Gasteiger partial charge is 0.0619 e. The van der Waals surface area contributed by atoms with E-state index in [1.165, 1.54) is 0 Å². The van der Waals surface area contributed by atoms with Crippen LogP contribution in [-0.4, -0.2) is 49.0 Å². The molecule has 1 unspecified atom stereocenters. The Morgan fingerprint density at radius 1 is 0.944 bits per heavy atom. The molecule has 0 saturated carbocycles. The third kappa shape index (κ3) is 9.86. The fourth-order valence-corrected chi connectivity index (χ4v) is 2.05. The Kier molecular flexibility index (Phi) is 10.7. The summed E-state index contributed by atoms with van der Waals surface area (Å²) < 4.78 is 5.69. The molecule has 0 aromatic rings. The molecular formula is C15H33NO2. The zero-order chi connectivity index (χ0) is 14.0. The highest BCUT2D eigenvalue weighted by Crippen LogP contribution is 2.09. The van der Waals surface area contributed by atoms with Crippen LogP contribution in [0.2, 0.25) is 0 Å². The summed E-state index contributed by atoms with van der Waals surface area (Å²) in [4.78, 5) is 2.53. The predicted molar refractivity (Wildman–Crippen MR) is 77.8 cm³/mol. The van der Waals surface area contributed by atoms with Gasteiger partial charge in [0.05, 0.1) is 6.61 Å². The summed E-state index contributed by atoms with van der Waals surface area (Å²) in [6, 6.07) is 0.476. The van der Waals surface area contributed by atoms with Gasteiger partial charge in [0.2, 0.25) is 0 Å². The number of rotatable bonds is 11. The minimum atomic E-state index is 0.270. The van der Waals surface area contributed by atoms with Gasteiger partial charge in [-0.05, 0) is 31.6 Å². The van der Waals surface area contributed by atoms with Crippen LogP contribution in [0.15, 0.2) is 0 Å². The van der Waals surface area contributed by atoms with Crippen LogP contribution in [0.4, 0.5) is 0 Å². The maximum absolute atomic E-state index is 8.70. The Balaban J connectivity index is 3.92. The molecule has 0 aliphatic carbocycles. The summed E-state index contributed by atoms with van der Waals surface area (Å²) in [6.07, 6.45) is 1.80. The van der Waals surface area contributed by atoms with Gasteiger partial charge in [-0.1, -0.05) is 27.7 Å². The largest absolute Gasteiger partial charge is 0.396 e. The Morgan fingerprint density at radius 3 is 1.94 bits per heavy atom. The first-order chi connectivity index (χ1) is 8.47. The van der Waals surface area contributed by atoms with E-state index >= 15 is 0 Å². The molecule has 0 radical (unpaired) electrons. The molecule has 0 fully saturated rings. The Labute approximate surface area is 114 Å². The second-order valence-electron chi connectivity index (χ2n) is 6.10. The highest BCUT2D eigenvalue weighted by molar-refractivity contribution is 4.69. The van der Waals surface area contributed by atoms with E-state index in [1.54, 1.807) is 0 Å². The van der Waals surface area contributed by atoms with Crippen LogP contribution >= 0.6 is 0 Å². The molecular weight excluding hydrogens is 226 g/mol. The molecule has 0 aliphatic rings. The number of hydrogen-bond donors (Lipinski definition) is 1. The average molecular weight is 259 g/mol. The standard InChI is InChI=1S/C15H33NO2/c1-13(2)10-16(11-14(3)4)15(5)12-18-9-7-6-8-17/h13-15,17H,6-12H2,1-5H3. The van der Waals surface area contributed by atoms with Gasteiger partial charge in [-0.15, -0.1) is 0 Å². The SMILES string of the molecule is CC(C)CN(CC(C)C)C(C)COCCCCO. The van der Waals surface area contributed by atoms with Crippen LogP contribution in [0.5, 0.6) is 0 Å². The van der Waals surface area contributed by atoms with Gasteiger partial charge in [0.25, 0.3) is 0 Å². The van der Waals surface area contributed by atoms with Crippen LogP contribution in [0.3, 0.4) is 0 Å². The molecule has 18 heavy (non-hydrogen) atoms. The number of ether oxygens (including phenoxy) is 1. The van der Waals surface area contributed by atoms with Crippen molar-refractivity contribution < 1.29 is 9.84 Å². The molecule has 0 aromatic carbocycles. The molecule has 110 valence electrons. The number of aliphatic hydroxyl groups excluding tert-OH is 1. The maximum Gasteiger partial charge on any atom is 0.0619 e. The third-order valence-electron chi connectivity index (χ3n) is 2.88. The monoisotopic (exact) mass is 259 g/mol. The molecule has 3 nitrogen and oxygen atoms in total. The number of unbranched alkanes of at least 4 members (excludes halogenated alkanes) is 1. The van der Waals surface area contributed by atoms with Crippen LogP contribution in [0, 0.1) is 11.8 Å². The number of aliphatic hydroxyl groups is 1. The van der Waals surface area contributed by atoms with Gasteiger partial charge in [-0.3, -0.25) is 4.90 Å². The maximum atomic E-state index is 8.70. The van der Waals surface area contributed by atoms with Crippen molar-refractivity contribution in [1.82, 2.24) is 4.90 Å². The summed E-state index contributed by atoms with van der Waals surface area (Å²) in [5, 5.41) is 8.70. The van der Waals surface area contributed by atoms with Gasteiger partial charge < -0.3 is 9.84 Å². The number of nitrogens with zero attached hydrogens (tertiary/aromatic N) is 1. The zero-order valence-corrected chi connectivity index (χ0v) is 13.0. The van der Waals surface area contributed by atoms with Crippen molar-refractivity contribution in [3.8, 4) is 0 Å². The molecule has 0 bridgehead atoms. The zero-order valence-electron chi connectivity index (χ0n) is 13.0. The van der Waals surface area contributed by atoms with Crippen molar-refractivity contribution >= 4 is 0 Å². The number of hydrogen-bond acceptors (Lipinski definition) is 3. The first-order valence-corrected chi connectivity index (χ1v) is 7.40. The summed E-state index contributed by atoms with van der Waals surface area (Å²) in [5.41, 5.74) is 0. The topological polar surface area (TPSA) is 32.7 Å². The molecule has 0 amide bonds. The molecule has 0 saturated heterocycles. The van der Waals surface area contributed by atoms with Gasteiger partial charge in [-0.25, -0.2) is 0 Å². The minimum Gasteiger partial charge on any atom is -0.396 e. The molecule has 0 rings (SSSR count). The van der Waals surface area contributed by atoms with E-state index < -0.39 is 0 Å². The summed E-state index contributed by atoms with van der Waals surface area (Å²) in [7, 11) is 0. The van der Waals surface area contributed by atoms with Gasteiger partial charge in [0, 0.05) is 32.3 Å². The molecule has 0 spiro atoms. The Morgan fingerprint density at radius 2 is 1.50 bits per heavy atom. The molecule has 0 aliphatic heterocycles. The normalized spacial score (nSPS) is 13.8. The van der Waals surface area contributed by atoms with E-state index in [9.17, 15) is 0 Å². The van der Waals surface area contributed by atoms with Gasteiger partial charge in [0.15, 0.2) is 0 Å².